The largest absolute Gasteiger partial charge is 0.228 e. The van der Waals surface area contributed by atoms with E-state index < -0.39 is 6.10 Å². The van der Waals surface area contributed by atoms with Gasteiger partial charge in [0.1, 0.15) is 6.10 Å². The van der Waals surface area contributed by atoms with E-state index in [1.54, 1.807) is 12.1 Å². The van der Waals surface area contributed by atoms with Gasteiger partial charge in [-0.3, -0.25) is 0 Å². The van der Waals surface area contributed by atoms with Crippen molar-refractivity contribution in [3.8, 4) is 6.07 Å². The van der Waals surface area contributed by atoms with Crippen LogP contribution in [0.25, 0.3) is 0 Å². The lowest BCUT2D eigenvalue weighted by Gasteiger charge is -2.04. The normalized spacial score (nSPS) is 12.0. The quantitative estimate of drug-likeness (QED) is 0.669. The van der Waals surface area contributed by atoms with Crippen LogP contribution in [-0.4, -0.2) is 0 Å². The third kappa shape index (κ3) is 2.37. The molecule has 0 aliphatic heterocycles. The van der Waals surface area contributed by atoms with Crippen molar-refractivity contribution in [3.63, 3.8) is 0 Å². The minimum Gasteiger partial charge on any atom is -0.228 e. The lowest BCUT2D eigenvalue weighted by molar-refractivity contribution is 0.0825. The molecule has 1 aromatic carbocycles. The van der Waals surface area contributed by atoms with Gasteiger partial charge >= 0.3 is 0 Å². The lowest BCUT2D eigenvalue weighted by atomic mass is 10.1. The molecule has 2 heteroatoms. The number of rotatable bonds is 3. The second-order valence-corrected chi connectivity index (χ2v) is 2.60. The average molecular weight is 160 g/mol. The SMILES string of the molecule is N#CCCC([O])c1ccccc1. The number of hydrogen-bond acceptors (Lipinski definition) is 1. The summed E-state index contributed by atoms with van der Waals surface area (Å²) in [4.78, 5) is 0. The van der Waals surface area contributed by atoms with Crippen LogP contribution in [0.1, 0.15) is 24.5 Å². The first-order valence-electron chi connectivity index (χ1n) is 3.92. The Morgan fingerprint density at radius 2 is 2.00 bits per heavy atom. The number of hydrogen-bond donors (Lipinski definition) is 0. The van der Waals surface area contributed by atoms with Gasteiger partial charge in [-0.15, -0.1) is 0 Å². The van der Waals surface area contributed by atoms with Crippen LogP contribution in [0.3, 0.4) is 0 Å². The van der Waals surface area contributed by atoms with Crippen LogP contribution in [0.4, 0.5) is 0 Å². The topological polar surface area (TPSA) is 43.7 Å². The summed E-state index contributed by atoms with van der Waals surface area (Å²) in [7, 11) is 0. The third-order valence-corrected chi connectivity index (χ3v) is 1.69. The molecule has 0 N–H and O–H groups in total. The molecule has 0 spiro atoms. The van der Waals surface area contributed by atoms with Crippen LogP contribution < -0.4 is 0 Å². The minimum absolute atomic E-state index is 0.336. The van der Waals surface area contributed by atoms with Crippen molar-refractivity contribution in [3.05, 3.63) is 35.9 Å². The fraction of sp³-hybridized carbons (Fsp3) is 0.300. The second kappa shape index (κ2) is 4.53. The zero-order valence-corrected chi connectivity index (χ0v) is 6.73. The van der Waals surface area contributed by atoms with E-state index in [2.05, 4.69) is 0 Å². The van der Waals surface area contributed by atoms with Gasteiger partial charge < -0.3 is 0 Å². The van der Waals surface area contributed by atoms with Crippen LogP contribution >= 0.6 is 0 Å². The molecule has 0 heterocycles. The zero-order valence-electron chi connectivity index (χ0n) is 6.73. The monoisotopic (exact) mass is 160 g/mol. The van der Waals surface area contributed by atoms with Gasteiger partial charge in [-0.05, 0) is 12.0 Å². The molecule has 0 aliphatic carbocycles. The van der Waals surface area contributed by atoms with Crippen molar-refractivity contribution < 1.29 is 5.11 Å². The summed E-state index contributed by atoms with van der Waals surface area (Å²) in [5.74, 6) is 0. The second-order valence-electron chi connectivity index (χ2n) is 2.60. The van der Waals surface area contributed by atoms with Gasteiger partial charge in [0.05, 0.1) is 6.07 Å². The Hall–Kier alpha value is -1.33. The molecule has 1 aromatic rings. The number of nitrogens with zero attached hydrogens (tertiary/aromatic N) is 1. The van der Waals surface area contributed by atoms with E-state index in [-0.39, 0.29) is 0 Å². The molecule has 0 saturated heterocycles. The summed E-state index contributed by atoms with van der Waals surface area (Å²) in [5, 5.41) is 19.6. The molecule has 61 valence electrons. The van der Waals surface area contributed by atoms with Gasteiger partial charge in [0.2, 0.25) is 0 Å². The van der Waals surface area contributed by atoms with Crippen LogP contribution in [-0.2, 0) is 5.11 Å². The van der Waals surface area contributed by atoms with E-state index in [1.807, 2.05) is 24.3 Å². The Labute approximate surface area is 72.1 Å². The molecule has 12 heavy (non-hydrogen) atoms. The number of nitriles is 1. The average Bonchev–Trinajstić information content (AvgIpc) is 2.15. The summed E-state index contributed by atoms with van der Waals surface area (Å²) < 4.78 is 0. The Kier molecular flexibility index (Phi) is 3.31. The van der Waals surface area contributed by atoms with Crippen LogP contribution in [0.5, 0.6) is 0 Å². The molecule has 0 amide bonds. The molecule has 0 aliphatic rings. The van der Waals surface area contributed by atoms with Gasteiger partial charge in [0, 0.05) is 6.42 Å². The summed E-state index contributed by atoms with van der Waals surface area (Å²) in [6, 6.07) is 11.1. The first-order chi connectivity index (χ1) is 5.84. The van der Waals surface area contributed by atoms with Crippen molar-refractivity contribution in [1.29, 1.82) is 5.26 Å². The highest BCUT2D eigenvalue weighted by Crippen LogP contribution is 2.17. The molecule has 0 fully saturated rings. The summed E-state index contributed by atoms with van der Waals surface area (Å²) in [6.07, 6.45) is -0.00493. The third-order valence-electron chi connectivity index (χ3n) is 1.69. The fourth-order valence-corrected chi connectivity index (χ4v) is 1.03. The van der Waals surface area contributed by atoms with Crippen LogP contribution in [0, 0.1) is 11.3 Å². The van der Waals surface area contributed by atoms with Gasteiger partial charge in [-0.2, -0.15) is 5.26 Å². The van der Waals surface area contributed by atoms with Crippen LogP contribution in [0.15, 0.2) is 30.3 Å². The van der Waals surface area contributed by atoms with Gasteiger partial charge in [-0.1, -0.05) is 30.3 Å². The predicted molar refractivity (Wildman–Crippen MR) is 44.7 cm³/mol. The number of benzene rings is 1. The maximum absolute atomic E-state index is 11.3. The molecule has 1 radical (unpaired) electrons. The van der Waals surface area contributed by atoms with Crippen molar-refractivity contribution >= 4 is 0 Å². The Bertz CT molecular complexity index is 263. The zero-order chi connectivity index (χ0) is 8.81. The Balaban J connectivity index is 2.55. The highest BCUT2D eigenvalue weighted by atomic mass is 16.3. The maximum Gasteiger partial charge on any atom is 0.119 e. The smallest absolute Gasteiger partial charge is 0.119 e. The fourth-order valence-electron chi connectivity index (χ4n) is 1.03. The standard InChI is InChI=1S/C10H10NO/c11-8-4-7-10(12)9-5-2-1-3-6-9/h1-3,5-6,10H,4,7H2. The highest BCUT2D eigenvalue weighted by Gasteiger charge is 2.06. The van der Waals surface area contributed by atoms with E-state index >= 15 is 0 Å². The molecule has 0 saturated carbocycles. The van der Waals surface area contributed by atoms with E-state index in [0.29, 0.717) is 12.8 Å². The molecular weight excluding hydrogens is 150 g/mol. The summed E-state index contributed by atoms with van der Waals surface area (Å²) in [6.45, 7) is 0. The molecule has 1 atom stereocenters. The Morgan fingerprint density at radius 3 is 2.58 bits per heavy atom. The molecule has 1 unspecified atom stereocenters. The van der Waals surface area contributed by atoms with E-state index in [4.69, 9.17) is 5.26 Å². The van der Waals surface area contributed by atoms with Gasteiger partial charge in [-0.25, -0.2) is 5.11 Å². The van der Waals surface area contributed by atoms with Crippen molar-refractivity contribution in [2.24, 2.45) is 0 Å². The maximum atomic E-state index is 11.3. The highest BCUT2D eigenvalue weighted by molar-refractivity contribution is 5.17. The van der Waals surface area contributed by atoms with E-state index in [0.717, 1.165) is 5.56 Å². The minimum atomic E-state index is -0.745. The lowest BCUT2D eigenvalue weighted by Crippen LogP contribution is -1.93. The van der Waals surface area contributed by atoms with Crippen LogP contribution in [0.2, 0.25) is 0 Å². The summed E-state index contributed by atoms with van der Waals surface area (Å²) >= 11 is 0. The molecule has 0 aromatic heterocycles. The molecule has 2 nitrogen and oxygen atoms in total. The molecule has 0 bridgehead atoms. The molecule has 1 rings (SSSR count). The van der Waals surface area contributed by atoms with Gasteiger partial charge in [0.25, 0.3) is 0 Å². The van der Waals surface area contributed by atoms with Crippen molar-refractivity contribution in [2.75, 3.05) is 0 Å². The van der Waals surface area contributed by atoms with E-state index in [1.165, 1.54) is 0 Å². The Morgan fingerprint density at radius 1 is 1.33 bits per heavy atom. The molecular formula is C10H10NO. The van der Waals surface area contributed by atoms with E-state index in [9.17, 15) is 5.11 Å². The van der Waals surface area contributed by atoms with Crippen molar-refractivity contribution in [2.45, 2.75) is 18.9 Å². The first kappa shape index (κ1) is 8.76. The van der Waals surface area contributed by atoms with Gasteiger partial charge in [0.15, 0.2) is 0 Å². The predicted octanol–water partition coefficient (Wildman–Crippen LogP) is 2.46. The first-order valence-corrected chi connectivity index (χ1v) is 3.92. The summed E-state index contributed by atoms with van der Waals surface area (Å²) in [5.41, 5.74) is 0.771. The van der Waals surface area contributed by atoms with Crippen molar-refractivity contribution in [1.82, 2.24) is 0 Å².